The van der Waals surface area contributed by atoms with Crippen LogP contribution in [0.4, 0.5) is 5.69 Å². The molecule has 2 aromatic heterocycles. The van der Waals surface area contributed by atoms with Gasteiger partial charge in [0, 0.05) is 22.5 Å². The first-order valence-corrected chi connectivity index (χ1v) is 6.07. The van der Waals surface area contributed by atoms with E-state index in [-0.39, 0.29) is 5.91 Å². The number of carbonyl (C=O) groups excluding carboxylic acids is 1. The second-order valence-corrected chi connectivity index (χ2v) is 4.70. The first kappa shape index (κ1) is 11.6. The topological polar surface area (TPSA) is 68.0 Å². The van der Waals surface area contributed by atoms with Gasteiger partial charge < -0.3 is 11.1 Å². The average molecular weight is 247 g/mol. The Kier molecular flexibility index (Phi) is 3.39. The minimum absolute atomic E-state index is 0.385. The molecule has 0 aliphatic carbocycles. The number of nitrogens with two attached hydrogens (primary N) is 1. The van der Waals surface area contributed by atoms with E-state index in [9.17, 15) is 4.79 Å². The molecule has 3 N–H and O–H groups in total. The molecule has 0 unspecified atom stereocenters. The molecular weight excluding hydrogens is 234 g/mol. The van der Waals surface area contributed by atoms with Gasteiger partial charge in [0.25, 0.3) is 0 Å². The van der Waals surface area contributed by atoms with Gasteiger partial charge in [-0.15, -0.1) is 11.3 Å². The largest absolute Gasteiger partial charge is 0.379 e. The van der Waals surface area contributed by atoms with E-state index < -0.39 is 0 Å². The Hall–Kier alpha value is -1.88. The number of hydrogen-bond acceptors (Lipinski definition) is 4. The van der Waals surface area contributed by atoms with Crippen molar-refractivity contribution in [2.45, 2.75) is 13.5 Å². The lowest BCUT2D eigenvalue weighted by atomic mass is 10.3. The zero-order chi connectivity index (χ0) is 12.3. The third-order valence-corrected chi connectivity index (χ3v) is 3.25. The number of hydrogen-bond donors (Lipinski definition) is 2. The molecule has 2 aromatic rings. The molecule has 1 amide bonds. The first-order valence-electron chi connectivity index (χ1n) is 5.19. The fraction of sp³-hybridized carbons (Fsp3) is 0.167. The normalized spacial score (nSPS) is 10.2. The van der Waals surface area contributed by atoms with Crippen molar-refractivity contribution in [3.8, 4) is 0 Å². The molecule has 0 aliphatic heterocycles. The molecule has 0 saturated carbocycles. The highest BCUT2D eigenvalue weighted by molar-refractivity contribution is 7.10. The maximum Gasteiger partial charge on any atom is 0.249 e. The summed E-state index contributed by atoms with van der Waals surface area (Å²) in [6.07, 6.45) is 1.79. The van der Waals surface area contributed by atoms with Gasteiger partial charge in [0.05, 0.1) is 17.4 Å². The molecule has 2 heterocycles. The molecule has 17 heavy (non-hydrogen) atoms. The molecule has 0 spiro atoms. The Bertz CT molecular complexity index is 519. The summed E-state index contributed by atoms with van der Waals surface area (Å²) >= 11 is 1.52. The van der Waals surface area contributed by atoms with E-state index >= 15 is 0 Å². The summed E-state index contributed by atoms with van der Waals surface area (Å²) in [5, 5.41) is 5.01. The predicted molar refractivity (Wildman–Crippen MR) is 69.1 cm³/mol. The molecule has 0 saturated heterocycles. The third-order valence-electron chi connectivity index (χ3n) is 2.32. The highest BCUT2D eigenvalue weighted by atomic mass is 32.1. The summed E-state index contributed by atoms with van der Waals surface area (Å²) in [5.41, 5.74) is 7.70. The summed E-state index contributed by atoms with van der Waals surface area (Å²) in [7, 11) is 0. The molecule has 88 valence electrons. The molecule has 5 heteroatoms. The van der Waals surface area contributed by atoms with Gasteiger partial charge in [-0.1, -0.05) is 0 Å². The summed E-state index contributed by atoms with van der Waals surface area (Å²) in [5.74, 6) is -0.385. The van der Waals surface area contributed by atoms with Gasteiger partial charge in [-0.05, 0) is 25.1 Å². The lowest BCUT2D eigenvalue weighted by Crippen LogP contribution is -2.09. The molecule has 0 aromatic carbocycles. The van der Waals surface area contributed by atoms with Crippen LogP contribution >= 0.6 is 11.3 Å². The smallest absolute Gasteiger partial charge is 0.249 e. The van der Waals surface area contributed by atoms with Crippen molar-refractivity contribution in [1.82, 2.24) is 4.98 Å². The van der Waals surface area contributed by atoms with Crippen molar-refractivity contribution in [1.29, 1.82) is 0 Å². The van der Waals surface area contributed by atoms with E-state index in [1.165, 1.54) is 11.3 Å². The minimum Gasteiger partial charge on any atom is -0.379 e. The zero-order valence-corrected chi connectivity index (χ0v) is 10.3. The van der Waals surface area contributed by atoms with Crippen molar-refractivity contribution in [3.05, 3.63) is 45.9 Å². The second kappa shape index (κ2) is 4.97. The Labute approximate surface area is 103 Å². The highest BCUT2D eigenvalue weighted by Crippen LogP contribution is 2.16. The van der Waals surface area contributed by atoms with Crippen LogP contribution in [0, 0.1) is 6.92 Å². The van der Waals surface area contributed by atoms with E-state index in [2.05, 4.69) is 10.3 Å². The lowest BCUT2D eigenvalue weighted by Gasteiger charge is -2.03. The fourth-order valence-electron chi connectivity index (χ4n) is 1.36. The number of pyridine rings is 1. The van der Waals surface area contributed by atoms with Gasteiger partial charge in [-0.2, -0.15) is 0 Å². The monoisotopic (exact) mass is 247 g/mol. The van der Waals surface area contributed by atoms with E-state index in [4.69, 9.17) is 5.73 Å². The number of aromatic nitrogens is 1. The summed E-state index contributed by atoms with van der Waals surface area (Å²) < 4.78 is 0. The molecule has 0 radical (unpaired) electrons. The molecular formula is C12H13N3OS. The van der Waals surface area contributed by atoms with Gasteiger partial charge in [0.1, 0.15) is 0 Å². The number of primary amides is 1. The van der Waals surface area contributed by atoms with Crippen LogP contribution in [-0.2, 0) is 6.54 Å². The van der Waals surface area contributed by atoms with E-state index in [0.717, 1.165) is 16.3 Å². The van der Waals surface area contributed by atoms with Crippen LogP contribution in [0.5, 0.6) is 0 Å². The van der Waals surface area contributed by atoms with Gasteiger partial charge in [-0.25, -0.2) is 0 Å². The Morgan fingerprint density at radius 2 is 2.35 bits per heavy atom. The van der Waals surface area contributed by atoms with Gasteiger partial charge in [0.2, 0.25) is 5.91 Å². The average Bonchev–Trinajstić information content (AvgIpc) is 2.77. The Morgan fingerprint density at radius 3 is 2.94 bits per heavy atom. The fourth-order valence-corrected chi connectivity index (χ4v) is 2.18. The standard InChI is InChI=1S/C12H13N3OS/c1-8-2-3-10(5-14-8)15-6-11-4-9(7-17-11)12(13)16/h2-5,7,15H,6H2,1H3,(H2,13,16). The summed E-state index contributed by atoms with van der Waals surface area (Å²) in [4.78, 5) is 16.2. The van der Waals surface area contributed by atoms with Gasteiger partial charge in [0.15, 0.2) is 0 Å². The third kappa shape index (κ3) is 3.04. The number of anilines is 1. The lowest BCUT2D eigenvalue weighted by molar-refractivity contribution is 0.100. The van der Waals surface area contributed by atoms with Crippen molar-refractivity contribution in [3.63, 3.8) is 0 Å². The van der Waals surface area contributed by atoms with E-state index in [0.29, 0.717) is 12.1 Å². The zero-order valence-electron chi connectivity index (χ0n) is 9.43. The van der Waals surface area contributed by atoms with Crippen LogP contribution in [0.2, 0.25) is 0 Å². The number of nitrogens with one attached hydrogen (secondary N) is 1. The summed E-state index contributed by atoms with van der Waals surface area (Å²) in [6, 6.07) is 5.73. The van der Waals surface area contributed by atoms with Crippen LogP contribution < -0.4 is 11.1 Å². The minimum atomic E-state index is -0.385. The highest BCUT2D eigenvalue weighted by Gasteiger charge is 2.04. The van der Waals surface area contributed by atoms with Gasteiger partial charge in [-0.3, -0.25) is 9.78 Å². The number of amides is 1. The van der Waals surface area contributed by atoms with Crippen LogP contribution in [-0.4, -0.2) is 10.9 Å². The van der Waals surface area contributed by atoms with Crippen molar-refractivity contribution in [2.24, 2.45) is 5.73 Å². The second-order valence-electron chi connectivity index (χ2n) is 3.71. The number of carbonyl (C=O) groups is 1. The van der Waals surface area contributed by atoms with E-state index in [1.54, 1.807) is 11.6 Å². The van der Waals surface area contributed by atoms with Crippen LogP contribution in [0.15, 0.2) is 29.8 Å². The van der Waals surface area contributed by atoms with Crippen LogP contribution in [0.1, 0.15) is 20.9 Å². The number of nitrogens with zero attached hydrogens (tertiary/aromatic N) is 1. The van der Waals surface area contributed by atoms with Crippen molar-refractivity contribution in [2.75, 3.05) is 5.32 Å². The maximum atomic E-state index is 10.9. The first-order chi connectivity index (χ1) is 8.15. The van der Waals surface area contributed by atoms with Crippen LogP contribution in [0.25, 0.3) is 0 Å². The Morgan fingerprint density at radius 1 is 1.53 bits per heavy atom. The number of thiophene rings is 1. The predicted octanol–water partition coefficient (Wildman–Crippen LogP) is 2.16. The van der Waals surface area contributed by atoms with Gasteiger partial charge >= 0.3 is 0 Å². The number of rotatable bonds is 4. The molecule has 4 nitrogen and oxygen atoms in total. The number of aryl methyl sites for hydroxylation is 1. The molecule has 0 aliphatic rings. The van der Waals surface area contributed by atoms with Crippen molar-refractivity contribution >= 4 is 22.9 Å². The van der Waals surface area contributed by atoms with Crippen molar-refractivity contribution < 1.29 is 4.79 Å². The summed E-state index contributed by atoms with van der Waals surface area (Å²) in [6.45, 7) is 2.62. The molecule has 0 atom stereocenters. The molecule has 2 rings (SSSR count). The molecule has 0 fully saturated rings. The Balaban J connectivity index is 1.97. The maximum absolute atomic E-state index is 10.9. The quantitative estimate of drug-likeness (QED) is 0.870. The SMILES string of the molecule is Cc1ccc(NCc2cc(C(N)=O)cs2)cn1. The van der Waals surface area contributed by atoms with Crippen LogP contribution in [0.3, 0.4) is 0 Å². The molecule has 0 bridgehead atoms. The van der Waals surface area contributed by atoms with E-state index in [1.807, 2.05) is 25.1 Å².